The Labute approximate surface area is 106 Å². The summed E-state index contributed by atoms with van der Waals surface area (Å²) in [6.45, 7) is -0.0841. The Morgan fingerprint density at radius 2 is 2.33 bits per heavy atom. The number of rotatable bonds is 7. The van der Waals surface area contributed by atoms with E-state index in [1.807, 2.05) is 0 Å². The number of carboxylic acid groups (broad SMARTS) is 2. The molecule has 1 aromatic rings. The van der Waals surface area contributed by atoms with E-state index in [1.165, 1.54) is 11.3 Å². The highest BCUT2D eigenvalue weighted by Crippen LogP contribution is 2.23. The summed E-state index contributed by atoms with van der Waals surface area (Å²) < 4.78 is 0. The summed E-state index contributed by atoms with van der Waals surface area (Å²) >= 11 is 1.19. The van der Waals surface area contributed by atoms with Gasteiger partial charge in [0.2, 0.25) is 0 Å². The Morgan fingerprint density at radius 3 is 2.83 bits per heavy atom. The smallest absolute Gasteiger partial charge is 0.350 e. The number of carbonyl (C=O) groups is 2. The summed E-state index contributed by atoms with van der Waals surface area (Å²) in [6, 6.07) is 0. The van der Waals surface area contributed by atoms with Gasteiger partial charge in [-0.3, -0.25) is 4.79 Å². The van der Waals surface area contributed by atoms with Crippen molar-refractivity contribution in [1.29, 1.82) is 0 Å². The van der Waals surface area contributed by atoms with E-state index < -0.39 is 17.9 Å². The highest BCUT2D eigenvalue weighted by atomic mass is 32.1. The van der Waals surface area contributed by atoms with Gasteiger partial charge in [-0.15, -0.1) is 11.3 Å². The lowest BCUT2D eigenvalue weighted by Gasteiger charge is -2.10. The van der Waals surface area contributed by atoms with Crippen LogP contribution in [0.5, 0.6) is 0 Å². The molecule has 1 heterocycles. The molecule has 0 spiro atoms. The second kappa shape index (κ2) is 6.55. The van der Waals surface area contributed by atoms with Crippen LogP contribution in [0.4, 0.5) is 5.13 Å². The van der Waals surface area contributed by atoms with Gasteiger partial charge < -0.3 is 20.8 Å². The van der Waals surface area contributed by atoms with E-state index in [4.69, 9.17) is 20.8 Å². The van der Waals surface area contributed by atoms with E-state index in [9.17, 15) is 9.59 Å². The Bertz CT molecular complexity index is 459. The molecule has 0 amide bonds. The molecule has 1 unspecified atom stereocenters. The Hall–Kier alpha value is -2.16. The molecule has 0 radical (unpaired) electrons. The summed E-state index contributed by atoms with van der Waals surface area (Å²) in [7, 11) is 0. The third kappa shape index (κ3) is 4.78. The Morgan fingerprint density at radius 1 is 1.61 bits per heavy atom. The Balaban J connectivity index is 2.62. The quantitative estimate of drug-likeness (QED) is 0.482. The van der Waals surface area contributed by atoms with Gasteiger partial charge in [0.15, 0.2) is 11.3 Å². The molecule has 0 saturated carbocycles. The number of nitrogens with zero attached hydrogens (tertiary/aromatic N) is 2. The van der Waals surface area contributed by atoms with Crippen molar-refractivity contribution < 1.29 is 24.6 Å². The molecule has 0 fully saturated rings. The van der Waals surface area contributed by atoms with E-state index in [0.29, 0.717) is 17.0 Å². The third-order valence-electron chi connectivity index (χ3n) is 1.89. The van der Waals surface area contributed by atoms with Crippen LogP contribution < -0.4 is 5.73 Å². The van der Waals surface area contributed by atoms with Crippen LogP contribution in [0.25, 0.3) is 0 Å². The molecular formula is C9H11N3O5S. The predicted octanol–water partition coefficient (Wildman–Crippen LogP) is 0.371. The maximum Gasteiger partial charge on any atom is 0.350 e. The van der Waals surface area contributed by atoms with Crippen LogP contribution in [0, 0.1) is 0 Å². The lowest BCUT2D eigenvalue weighted by atomic mass is 10.0. The molecule has 4 N–H and O–H groups in total. The summed E-state index contributed by atoms with van der Waals surface area (Å²) in [5.74, 6) is -2.79. The molecule has 0 aromatic carbocycles. The largest absolute Gasteiger partial charge is 0.481 e. The van der Waals surface area contributed by atoms with E-state index in [0.717, 1.165) is 0 Å². The first-order valence-corrected chi connectivity index (χ1v) is 5.68. The number of nitrogen functional groups attached to an aromatic ring is 1. The van der Waals surface area contributed by atoms with Crippen LogP contribution >= 0.6 is 11.3 Å². The molecule has 8 nitrogen and oxygen atoms in total. The van der Waals surface area contributed by atoms with Crippen LogP contribution in [0.15, 0.2) is 10.5 Å². The molecule has 1 aromatic heterocycles. The van der Waals surface area contributed by atoms with Crippen LogP contribution in [0.3, 0.4) is 0 Å². The van der Waals surface area contributed by atoms with E-state index in [1.54, 1.807) is 5.38 Å². The van der Waals surface area contributed by atoms with E-state index in [-0.39, 0.29) is 13.0 Å². The number of aromatic nitrogens is 1. The molecule has 0 bridgehead atoms. The van der Waals surface area contributed by atoms with Gasteiger partial charge in [0.1, 0.15) is 6.61 Å². The molecule has 1 atom stereocenters. The molecular weight excluding hydrogens is 262 g/mol. The van der Waals surface area contributed by atoms with E-state index in [2.05, 4.69) is 10.1 Å². The van der Waals surface area contributed by atoms with E-state index >= 15 is 0 Å². The fourth-order valence-electron chi connectivity index (χ4n) is 1.16. The van der Waals surface area contributed by atoms with Crippen molar-refractivity contribution in [3.8, 4) is 0 Å². The zero-order valence-electron chi connectivity index (χ0n) is 9.15. The van der Waals surface area contributed by atoms with Gasteiger partial charge >= 0.3 is 11.9 Å². The molecule has 98 valence electrons. The first-order valence-electron chi connectivity index (χ1n) is 4.80. The first kappa shape index (κ1) is 13.9. The zero-order chi connectivity index (χ0) is 13.5. The van der Waals surface area contributed by atoms with Gasteiger partial charge in [-0.1, -0.05) is 5.16 Å². The first-order chi connectivity index (χ1) is 8.49. The predicted molar refractivity (Wildman–Crippen MR) is 63.6 cm³/mol. The SMILES string of the molecule is Nc1nc(C(CO/N=C/C(=O)O)CC(=O)O)cs1. The van der Waals surface area contributed by atoms with Crippen molar-refractivity contribution in [1.82, 2.24) is 4.98 Å². The van der Waals surface area contributed by atoms with Crippen molar-refractivity contribution >= 4 is 34.6 Å². The van der Waals surface area contributed by atoms with Crippen molar-refractivity contribution in [3.63, 3.8) is 0 Å². The highest BCUT2D eigenvalue weighted by Gasteiger charge is 2.19. The summed E-state index contributed by atoms with van der Waals surface area (Å²) in [5.41, 5.74) is 5.94. The maximum atomic E-state index is 10.7. The fourth-order valence-corrected chi connectivity index (χ4v) is 1.81. The van der Waals surface area contributed by atoms with Gasteiger partial charge in [0.05, 0.1) is 12.1 Å². The number of aliphatic carboxylic acids is 2. The molecule has 0 aliphatic heterocycles. The minimum atomic E-state index is -1.25. The normalized spacial score (nSPS) is 12.4. The molecule has 0 aliphatic carbocycles. The van der Waals surface area contributed by atoms with Gasteiger partial charge in [-0.25, -0.2) is 9.78 Å². The third-order valence-corrected chi connectivity index (χ3v) is 2.58. The lowest BCUT2D eigenvalue weighted by molar-refractivity contribution is -0.138. The number of hydrogen-bond donors (Lipinski definition) is 3. The maximum absolute atomic E-state index is 10.7. The monoisotopic (exact) mass is 273 g/mol. The number of hydrogen-bond acceptors (Lipinski definition) is 7. The van der Waals surface area contributed by atoms with Gasteiger partial charge in [-0.2, -0.15) is 0 Å². The summed E-state index contributed by atoms with van der Waals surface area (Å²) in [5, 5.41) is 22.2. The standard InChI is InChI=1S/C9H11N3O5S/c10-9-12-6(4-18-9)5(1-7(13)14)3-17-11-2-8(15)16/h2,4-5H,1,3H2,(H2,10,12)(H,13,14)(H,15,16)/b11-2+. The molecule has 0 saturated heterocycles. The average Bonchev–Trinajstić information content (AvgIpc) is 2.68. The number of oxime groups is 1. The van der Waals surface area contributed by atoms with Crippen molar-refractivity contribution in [3.05, 3.63) is 11.1 Å². The van der Waals surface area contributed by atoms with Crippen LogP contribution in [0.1, 0.15) is 18.0 Å². The molecule has 18 heavy (non-hydrogen) atoms. The van der Waals surface area contributed by atoms with Gasteiger partial charge in [-0.05, 0) is 0 Å². The number of nitrogens with two attached hydrogens (primary N) is 1. The summed E-state index contributed by atoms with van der Waals surface area (Å²) in [6.07, 6.45) is 0.374. The number of anilines is 1. The highest BCUT2D eigenvalue weighted by molar-refractivity contribution is 7.13. The van der Waals surface area contributed by atoms with Crippen molar-refractivity contribution in [2.75, 3.05) is 12.3 Å². The minimum Gasteiger partial charge on any atom is -0.481 e. The number of carboxylic acids is 2. The summed E-state index contributed by atoms with van der Waals surface area (Å²) in [4.78, 5) is 29.5. The zero-order valence-corrected chi connectivity index (χ0v) is 9.96. The van der Waals surface area contributed by atoms with Crippen molar-refractivity contribution in [2.45, 2.75) is 12.3 Å². The fraction of sp³-hybridized carbons (Fsp3) is 0.333. The van der Waals surface area contributed by atoms with Crippen LogP contribution in [-0.4, -0.2) is 40.0 Å². The van der Waals surface area contributed by atoms with Crippen LogP contribution in [-0.2, 0) is 14.4 Å². The average molecular weight is 273 g/mol. The molecule has 0 aliphatic rings. The lowest BCUT2D eigenvalue weighted by Crippen LogP contribution is -2.12. The topological polar surface area (TPSA) is 135 Å². The van der Waals surface area contributed by atoms with Gasteiger partial charge in [0.25, 0.3) is 0 Å². The molecule has 9 heteroatoms. The second-order valence-corrected chi connectivity index (χ2v) is 4.16. The van der Waals surface area contributed by atoms with Crippen molar-refractivity contribution in [2.24, 2.45) is 5.16 Å². The number of thiazole rings is 1. The van der Waals surface area contributed by atoms with Gasteiger partial charge in [0, 0.05) is 11.3 Å². The second-order valence-electron chi connectivity index (χ2n) is 3.27. The minimum absolute atomic E-state index is 0.0841. The van der Waals surface area contributed by atoms with Crippen LogP contribution in [0.2, 0.25) is 0 Å². The molecule has 1 rings (SSSR count). The Kier molecular flexibility index (Phi) is 5.06.